The smallest absolute Gasteiger partial charge is 0.363 e. The van der Waals surface area contributed by atoms with Gasteiger partial charge in [-0.15, -0.1) is 15.3 Å². The van der Waals surface area contributed by atoms with Gasteiger partial charge in [-0.3, -0.25) is 18.7 Å². The van der Waals surface area contributed by atoms with Gasteiger partial charge in [0.1, 0.15) is 11.4 Å². The van der Waals surface area contributed by atoms with Gasteiger partial charge in [-0.2, -0.15) is 21.4 Å². The van der Waals surface area contributed by atoms with Gasteiger partial charge in [0.15, 0.2) is 12.3 Å². The molecule has 29 nitrogen and oxygen atoms in total. The summed E-state index contributed by atoms with van der Waals surface area (Å²) in [7, 11) is 6.73. The van der Waals surface area contributed by atoms with Gasteiger partial charge >= 0.3 is 5.97 Å². The molecule has 5 aromatic rings. The fraction of sp³-hybridized carbons (Fsp3) is 0.528. The lowest BCUT2D eigenvalue weighted by atomic mass is 9.81. The molecule has 5 heterocycles. The summed E-state index contributed by atoms with van der Waals surface area (Å²) in [6, 6.07) is 12.5. The Labute approximate surface area is 604 Å². The predicted octanol–water partition coefficient (Wildman–Crippen LogP) is 6.52. The molecule has 0 unspecified atom stereocenters. The second-order valence-electron chi connectivity index (χ2n) is 28.4. The number of imide groups is 1. The number of anilines is 1. The van der Waals surface area contributed by atoms with Crippen LogP contribution >= 0.6 is 0 Å². The lowest BCUT2D eigenvalue weighted by Crippen LogP contribution is -2.37. The molecule has 1 fully saturated rings. The molecule has 0 saturated carbocycles. The molecule has 2 aromatic heterocycles. The Morgan fingerprint density at radius 3 is 1.61 bits per heavy atom. The number of hydrogen-bond acceptors (Lipinski definition) is 21. The van der Waals surface area contributed by atoms with Crippen molar-refractivity contribution >= 4 is 60.7 Å². The number of methoxy groups -OCH3 is 2. The van der Waals surface area contributed by atoms with E-state index in [4.69, 9.17) is 42.7 Å². The number of hydroxylamine groups is 2. The highest BCUT2D eigenvalue weighted by Gasteiger charge is 2.45. The first-order chi connectivity index (χ1) is 48.8. The maximum Gasteiger partial charge on any atom is 0.363 e. The highest BCUT2D eigenvalue weighted by molar-refractivity contribution is 7.86. The standard InChI is InChI=1S/C72H100N11O18S2/c1-71(2)61-45-59(102(87,88)89)21-23-63(61)79(27-15-29-82(5,6)7)65(71)19-13-17-53(18-14-20-66-72(3,4)62-46-60(103(90,91)92)22-24-64(62)80(66)28-16-30-83(8,9)10)69-55(47-77-49-57(73-75-77)51-99-41-39-97-37-35-95-33-31-93-11)43-54(70(86)101-81-67(84)25-26-68(81)85)44-56(69)48-78-50-58(74-76-78)52-100-42-40-98-38-36-96-34-32-94-12/h13-14,17-24,43-46,49-50H,15-16,25-42,47-48,51-52H2,1-12H3/q+1/p+2. The monoisotopic (exact) mass is 1470 g/mol. The third-order valence-corrected chi connectivity index (χ3v) is 19.2. The molecule has 2 N–H and O–H groups in total. The summed E-state index contributed by atoms with van der Waals surface area (Å²) >= 11 is 0. The van der Waals surface area contributed by atoms with E-state index >= 15 is 0 Å². The van der Waals surface area contributed by atoms with Crippen molar-refractivity contribution in [2.24, 2.45) is 0 Å². The molecule has 0 atom stereocenters. The van der Waals surface area contributed by atoms with Crippen LogP contribution in [-0.2, 0) is 110 Å². The number of quaternary nitrogens is 2. The van der Waals surface area contributed by atoms with Gasteiger partial charge in [-0.25, -0.2) is 14.2 Å². The first kappa shape index (κ1) is 81.1. The Kier molecular flexibility index (Phi) is 28.7. The van der Waals surface area contributed by atoms with Gasteiger partial charge in [-0.05, 0) is 90.2 Å². The number of rotatable bonds is 43. The maximum absolute atomic E-state index is 14.7. The number of aromatic nitrogens is 6. The predicted molar refractivity (Wildman–Crippen MR) is 383 cm³/mol. The largest absolute Gasteiger partial charge is 0.382 e. The van der Waals surface area contributed by atoms with Crippen LogP contribution in [0.3, 0.4) is 0 Å². The number of fused-ring (bicyclic) bond motifs is 2. The van der Waals surface area contributed by atoms with Gasteiger partial charge in [0.2, 0.25) is 5.69 Å². The summed E-state index contributed by atoms with van der Waals surface area (Å²) in [5, 5.41) is 18.5. The van der Waals surface area contributed by atoms with Gasteiger partial charge in [-0.1, -0.05) is 48.6 Å². The van der Waals surface area contributed by atoms with Crippen LogP contribution in [0.25, 0.3) is 5.57 Å². The zero-order valence-electron chi connectivity index (χ0n) is 61.4. The van der Waals surface area contributed by atoms with Crippen molar-refractivity contribution in [1.29, 1.82) is 0 Å². The summed E-state index contributed by atoms with van der Waals surface area (Å²) in [6.45, 7) is 15.3. The molecule has 562 valence electrons. The first-order valence-corrected chi connectivity index (χ1v) is 37.2. The number of hydrogen-bond donors (Lipinski definition) is 2. The van der Waals surface area contributed by atoms with Crippen molar-refractivity contribution in [2.45, 2.75) is 100 Å². The quantitative estimate of drug-likeness (QED) is 0.0105. The van der Waals surface area contributed by atoms with E-state index < -0.39 is 48.8 Å². The van der Waals surface area contributed by atoms with Crippen LogP contribution in [0.15, 0.2) is 113 Å². The number of carbonyl (C=O) groups excluding carboxylic acids is 3. The second-order valence-corrected chi connectivity index (χ2v) is 31.2. The topological polar surface area (TPSA) is 314 Å². The Morgan fingerprint density at radius 1 is 0.621 bits per heavy atom. The third kappa shape index (κ3) is 22.9. The molecule has 0 aliphatic carbocycles. The molecular weight excluding hydrogens is 1370 g/mol. The second kappa shape index (κ2) is 36.4. The average molecular weight is 1470 g/mol. The van der Waals surface area contributed by atoms with Crippen molar-refractivity contribution in [2.75, 3.05) is 167 Å². The lowest BCUT2D eigenvalue weighted by molar-refractivity contribution is -0.871. The van der Waals surface area contributed by atoms with E-state index in [-0.39, 0.29) is 67.7 Å². The lowest BCUT2D eigenvalue weighted by Gasteiger charge is -2.29. The Bertz CT molecular complexity index is 4060. The summed E-state index contributed by atoms with van der Waals surface area (Å²) in [5.74, 6) is -2.34. The molecule has 1 saturated heterocycles. The van der Waals surface area contributed by atoms with E-state index in [9.17, 15) is 40.3 Å². The number of nitrogens with zero attached hydrogens (tertiary/aromatic N) is 11. The maximum atomic E-state index is 14.7. The van der Waals surface area contributed by atoms with Crippen molar-refractivity contribution in [1.82, 2.24) is 35.1 Å². The normalized spacial score (nSPS) is 16.1. The third-order valence-electron chi connectivity index (χ3n) is 17.5. The Morgan fingerprint density at radius 2 is 1.11 bits per heavy atom. The van der Waals surface area contributed by atoms with Crippen molar-refractivity contribution in [3.63, 3.8) is 0 Å². The zero-order chi connectivity index (χ0) is 74.8. The Hall–Kier alpha value is -7.60. The molecule has 3 aliphatic rings. The molecule has 2 amide bonds. The van der Waals surface area contributed by atoms with Crippen molar-refractivity contribution in [3.8, 4) is 0 Å². The molecule has 103 heavy (non-hydrogen) atoms. The molecule has 8 rings (SSSR count). The fourth-order valence-electron chi connectivity index (χ4n) is 12.4. The van der Waals surface area contributed by atoms with E-state index in [1.165, 1.54) is 24.3 Å². The van der Waals surface area contributed by atoms with E-state index in [0.29, 0.717) is 138 Å². The Balaban J connectivity index is 1.30. The first-order valence-electron chi connectivity index (χ1n) is 34.3. The van der Waals surface area contributed by atoms with Crippen LogP contribution in [0.1, 0.15) is 103 Å². The molecule has 3 aromatic carbocycles. The van der Waals surface area contributed by atoms with Crippen LogP contribution in [0.2, 0.25) is 0 Å². The molecular formula is C72H102N11O18S2+3. The van der Waals surface area contributed by atoms with E-state index in [1.807, 2.05) is 64.2 Å². The van der Waals surface area contributed by atoms with E-state index in [1.54, 1.807) is 60.2 Å². The van der Waals surface area contributed by atoms with Crippen LogP contribution in [0.4, 0.5) is 11.4 Å². The summed E-state index contributed by atoms with van der Waals surface area (Å²) in [4.78, 5) is 48.1. The minimum atomic E-state index is -4.58. The number of benzene rings is 3. The minimum absolute atomic E-state index is 0.0307. The van der Waals surface area contributed by atoms with Gasteiger partial charge in [0.25, 0.3) is 32.1 Å². The molecule has 0 spiro atoms. The number of ether oxygens (including phenoxy) is 8. The summed E-state index contributed by atoms with van der Waals surface area (Å²) in [5.41, 5.74) is 6.02. The van der Waals surface area contributed by atoms with Crippen LogP contribution in [0.5, 0.6) is 0 Å². The number of amides is 2. The number of carbonyl (C=O) groups is 3. The molecule has 0 radical (unpaired) electrons. The highest BCUT2D eigenvalue weighted by Crippen LogP contribution is 2.49. The van der Waals surface area contributed by atoms with Gasteiger partial charge in [0.05, 0.1) is 201 Å². The molecule has 0 bridgehead atoms. The van der Waals surface area contributed by atoms with Crippen LogP contribution in [-0.4, -0.2) is 260 Å². The molecule has 31 heteroatoms. The van der Waals surface area contributed by atoms with Crippen molar-refractivity contribution < 1.29 is 96.6 Å². The van der Waals surface area contributed by atoms with E-state index in [2.05, 4.69) is 72.4 Å². The fourth-order valence-corrected chi connectivity index (χ4v) is 13.4. The SMILES string of the molecule is COCCOCCOCCOCc1cn(Cc2cc(C(=O)ON3C(=O)CCC3=O)cc(Cn3cc(COCCOCCOCCOC)nn3)c2C(=C\C=C\C2=[N+](CCC[N+](C)(C)C)c3ccc(S(=O)(=O)O)cc3C2(C)C)/C=C/C=C2/N(CCC[N+](C)(C)C)c3ccc(S(=O)(=O)O)cc3C2(C)C)nn1. The average Bonchev–Trinajstić information content (AvgIpc) is 1.61. The summed E-state index contributed by atoms with van der Waals surface area (Å²) in [6.07, 6.45) is 16.3. The highest BCUT2D eigenvalue weighted by atomic mass is 32.2. The van der Waals surface area contributed by atoms with Crippen LogP contribution in [0, 0.1) is 0 Å². The number of allylic oxidation sites excluding steroid dienone is 8. The van der Waals surface area contributed by atoms with E-state index in [0.717, 1.165) is 48.7 Å². The zero-order valence-corrected chi connectivity index (χ0v) is 63.0. The molecule has 3 aliphatic heterocycles. The van der Waals surface area contributed by atoms with Crippen LogP contribution < -0.4 is 4.90 Å². The van der Waals surface area contributed by atoms with Crippen molar-refractivity contribution in [3.05, 3.63) is 148 Å². The summed E-state index contributed by atoms with van der Waals surface area (Å²) < 4.78 is 123. The van der Waals surface area contributed by atoms with Gasteiger partial charge in [0, 0.05) is 74.5 Å². The minimum Gasteiger partial charge on any atom is -0.382 e. The van der Waals surface area contributed by atoms with Gasteiger partial charge < -0.3 is 56.6 Å².